The Kier molecular flexibility index (Phi) is 6.30. The number of aromatic nitrogens is 2. The Morgan fingerprint density at radius 1 is 0.964 bits per heavy atom. The van der Waals surface area contributed by atoms with Crippen LogP contribution in [0.3, 0.4) is 0 Å². The van der Waals surface area contributed by atoms with E-state index in [0.717, 1.165) is 11.1 Å². The van der Waals surface area contributed by atoms with Crippen LogP contribution in [0.5, 0.6) is 5.75 Å². The summed E-state index contributed by atoms with van der Waals surface area (Å²) >= 11 is 0. The van der Waals surface area contributed by atoms with Crippen LogP contribution in [-0.2, 0) is 13.1 Å². The molecule has 7 nitrogen and oxygen atoms in total. The highest BCUT2D eigenvalue weighted by Crippen LogP contribution is 2.17. The van der Waals surface area contributed by atoms with Crippen molar-refractivity contribution >= 4 is 11.8 Å². The van der Waals surface area contributed by atoms with Gasteiger partial charge in [-0.3, -0.25) is 19.6 Å². The molecule has 0 aliphatic rings. The summed E-state index contributed by atoms with van der Waals surface area (Å²) in [6.07, 6.45) is 4.78. The molecule has 0 atom stereocenters. The topological polar surface area (TPSA) is 93.2 Å². The molecule has 0 radical (unpaired) electrons. The van der Waals surface area contributed by atoms with Crippen molar-refractivity contribution in [3.63, 3.8) is 0 Å². The number of pyridine rings is 2. The Bertz CT molecular complexity index is 961. The molecule has 3 rings (SSSR count). The van der Waals surface area contributed by atoms with E-state index in [9.17, 15) is 9.59 Å². The van der Waals surface area contributed by atoms with E-state index in [1.807, 2.05) is 30.3 Å². The first-order valence-corrected chi connectivity index (χ1v) is 8.70. The lowest BCUT2D eigenvalue weighted by atomic mass is 10.1. The summed E-state index contributed by atoms with van der Waals surface area (Å²) in [7, 11) is 1.58. The van der Waals surface area contributed by atoms with Crippen LogP contribution in [0.1, 0.15) is 32.0 Å². The summed E-state index contributed by atoms with van der Waals surface area (Å²) in [5.41, 5.74) is 2.27. The van der Waals surface area contributed by atoms with Crippen molar-refractivity contribution in [2.45, 2.75) is 13.1 Å². The maximum absolute atomic E-state index is 12.5. The lowest BCUT2D eigenvalue weighted by molar-refractivity contribution is 0.0946. The Morgan fingerprint density at radius 3 is 2.57 bits per heavy atom. The van der Waals surface area contributed by atoms with Crippen LogP contribution in [0.25, 0.3) is 0 Å². The molecular formula is C21H20N4O3. The van der Waals surface area contributed by atoms with Crippen LogP contribution in [0.2, 0.25) is 0 Å². The second-order valence-electron chi connectivity index (χ2n) is 5.97. The van der Waals surface area contributed by atoms with Crippen LogP contribution in [0, 0.1) is 0 Å². The predicted octanol–water partition coefficient (Wildman–Crippen LogP) is 2.35. The lowest BCUT2D eigenvalue weighted by Gasteiger charge is -2.10. The second-order valence-corrected chi connectivity index (χ2v) is 5.97. The normalized spacial score (nSPS) is 10.2. The number of methoxy groups -OCH3 is 1. The highest BCUT2D eigenvalue weighted by molar-refractivity contribution is 5.98. The molecule has 0 aliphatic heterocycles. The quantitative estimate of drug-likeness (QED) is 0.660. The Morgan fingerprint density at radius 2 is 1.79 bits per heavy atom. The van der Waals surface area contributed by atoms with E-state index in [1.54, 1.807) is 31.6 Å². The van der Waals surface area contributed by atoms with E-state index in [-0.39, 0.29) is 17.5 Å². The highest BCUT2D eigenvalue weighted by atomic mass is 16.5. The Balaban J connectivity index is 1.61. The van der Waals surface area contributed by atoms with Crippen molar-refractivity contribution < 1.29 is 14.3 Å². The monoisotopic (exact) mass is 376 g/mol. The van der Waals surface area contributed by atoms with Crippen molar-refractivity contribution in [3.05, 3.63) is 89.5 Å². The van der Waals surface area contributed by atoms with Crippen molar-refractivity contribution in [2.75, 3.05) is 7.11 Å². The molecule has 0 bridgehead atoms. The first kappa shape index (κ1) is 19.0. The third kappa shape index (κ3) is 4.91. The van der Waals surface area contributed by atoms with Gasteiger partial charge in [0.15, 0.2) is 0 Å². The van der Waals surface area contributed by atoms with Crippen molar-refractivity contribution in [1.82, 2.24) is 20.6 Å². The van der Waals surface area contributed by atoms with E-state index in [1.165, 1.54) is 12.3 Å². The molecule has 7 heteroatoms. The summed E-state index contributed by atoms with van der Waals surface area (Å²) in [4.78, 5) is 32.8. The van der Waals surface area contributed by atoms with E-state index in [4.69, 9.17) is 4.74 Å². The number of nitrogens with one attached hydrogen (secondary N) is 2. The first-order valence-electron chi connectivity index (χ1n) is 8.70. The first-order chi connectivity index (χ1) is 13.7. The minimum Gasteiger partial charge on any atom is -0.496 e. The van der Waals surface area contributed by atoms with Gasteiger partial charge in [0, 0.05) is 42.8 Å². The van der Waals surface area contributed by atoms with Crippen LogP contribution in [0.4, 0.5) is 0 Å². The summed E-state index contributed by atoms with van der Waals surface area (Å²) in [5.74, 6) is 0.0471. The largest absolute Gasteiger partial charge is 0.496 e. The smallest absolute Gasteiger partial charge is 0.270 e. The number of hydrogen-bond acceptors (Lipinski definition) is 5. The molecular weight excluding hydrogens is 356 g/mol. The Hall–Kier alpha value is -3.74. The molecule has 3 aromatic rings. The van der Waals surface area contributed by atoms with Gasteiger partial charge < -0.3 is 15.4 Å². The average molecular weight is 376 g/mol. The van der Waals surface area contributed by atoms with Crippen LogP contribution in [-0.4, -0.2) is 28.9 Å². The molecule has 2 amide bonds. The summed E-state index contributed by atoms with van der Waals surface area (Å²) in [6.45, 7) is 0.645. The van der Waals surface area contributed by atoms with Crippen molar-refractivity contribution in [3.8, 4) is 5.75 Å². The number of carbonyl (C=O) groups excluding carboxylic acids is 2. The van der Waals surface area contributed by atoms with Crippen LogP contribution in [0.15, 0.2) is 67.1 Å². The molecule has 142 valence electrons. The number of ether oxygens (including phenoxy) is 1. The molecule has 0 saturated heterocycles. The Labute approximate surface area is 162 Å². The fourth-order valence-corrected chi connectivity index (χ4v) is 2.60. The van der Waals surface area contributed by atoms with Gasteiger partial charge in [-0.2, -0.15) is 0 Å². The van der Waals surface area contributed by atoms with Gasteiger partial charge >= 0.3 is 0 Å². The molecule has 2 aromatic heterocycles. The number of benzene rings is 1. The van der Waals surface area contributed by atoms with E-state index in [2.05, 4.69) is 20.6 Å². The summed E-state index contributed by atoms with van der Waals surface area (Å²) in [6, 6.07) is 14.1. The van der Waals surface area contributed by atoms with E-state index >= 15 is 0 Å². The van der Waals surface area contributed by atoms with Gasteiger partial charge in [-0.05, 0) is 29.8 Å². The van der Waals surface area contributed by atoms with Gasteiger partial charge in [0.2, 0.25) is 0 Å². The summed E-state index contributed by atoms with van der Waals surface area (Å²) in [5, 5.41) is 5.59. The molecule has 0 fully saturated rings. The zero-order chi connectivity index (χ0) is 19.8. The third-order valence-corrected chi connectivity index (χ3v) is 4.06. The van der Waals surface area contributed by atoms with Gasteiger partial charge in [-0.25, -0.2) is 0 Å². The molecule has 2 heterocycles. The van der Waals surface area contributed by atoms with Gasteiger partial charge in [0.25, 0.3) is 11.8 Å². The zero-order valence-corrected chi connectivity index (χ0v) is 15.4. The minimum atomic E-state index is -0.358. The molecule has 0 aliphatic carbocycles. The molecule has 0 unspecified atom stereocenters. The minimum absolute atomic E-state index is 0.175. The van der Waals surface area contributed by atoms with Gasteiger partial charge in [-0.1, -0.05) is 24.3 Å². The molecule has 2 N–H and O–H groups in total. The molecule has 0 saturated carbocycles. The molecule has 0 spiro atoms. The van der Waals surface area contributed by atoms with Crippen molar-refractivity contribution in [1.29, 1.82) is 0 Å². The zero-order valence-electron chi connectivity index (χ0n) is 15.4. The standard InChI is InChI=1S/C21H20N4O3/c1-28-19-7-3-2-6-17(19)14-25-20(26)16-8-10-23-18(11-16)21(27)24-13-15-5-4-9-22-12-15/h2-12H,13-14H2,1H3,(H,24,27)(H,25,26). The predicted molar refractivity (Wildman–Crippen MR) is 104 cm³/mol. The van der Waals surface area contributed by atoms with Gasteiger partial charge in [-0.15, -0.1) is 0 Å². The van der Waals surface area contributed by atoms with Crippen molar-refractivity contribution in [2.24, 2.45) is 0 Å². The lowest BCUT2D eigenvalue weighted by Crippen LogP contribution is -2.26. The highest BCUT2D eigenvalue weighted by Gasteiger charge is 2.12. The van der Waals surface area contributed by atoms with E-state index in [0.29, 0.717) is 24.4 Å². The van der Waals surface area contributed by atoms with Gasteiger partial charge in [0.1, 0.15) is 11.4 Å². The number of rotatable bonds is 7. The van der Waals surface area contributed by atoms with E-state index < -0.39 is 0 Å². The SMILES string of the molecule is COc1ccccc1CNC(=O)c1ccnc(C(=O)NCc2cccnc2)c1. The summed E-state index contributed by atoms with van der Waals surface area (Å²) < 4.78 is 5.28. The third-order valence-electron chi connectivity index (χ3n) is 4.06. The number of nitrogens with zero attached hydrogens (tertiary/aromatic N) is 2. The number of para-hydroxylation sites is 1. The molecule has 1 aromatic carbocycles. The maximum Gasteiger partial charge on any atom is 0.270 e. The van der Waals surface area contributed by atoms with Gasteiger partial charge in [0.05, 0.1) is 7.11 Å². The maximum atomic E-state index is 12.5. The van der Waals surface area contributed by atoms with Crippen LogP contribution >= 0.6 is 0 Å². The number of hydrogen-bond donors (Lipinski definition) is 2. The fraction of sp³-hybridized carbons (Fsp3) is 0.143. The number of amides is 2. The molecule has 28 heavy (non-hydrogen) atoms. The number of carbonyl (C=O) groups is 2. The average Bonchev–Trinajstić information content (AvgIpc) is 2.76. The second kappa shape index (κ2) is 9.27. The van der Waals surface area contributed by atoms with Crippen LogP contribution < -0.4 is 15.4 Å². The fourth-order valence-electron chi connectivity index (χ4n) is 2.60.